The van der Waals surface area contributed by atoms with Crippen molar-refractivity contribution in [3.8, 4) is 11.5 Å². The van der Waals surface area contributed by atoms with E-state index in [1.54, 1.807) is 30.3 Å². The normalized spacial score (nSPS) is 13.0. The zero-order valence-electron chi connectivity index (χ0n) is 10.1. The quantitative estimate of drug-likeness (QED) is 0.849. The third kappa shape index (κ3) is 2.42. The van der Waals surface area contributed by atoms with Gasteiger partial charge in [-0.05, 0) is 29.8 Å². The first-order chi connectivity index (χ1) is 9.22. The Bertz CT molecular complexity index is 620. The highest BCUT2D eigenvalue weighted by atomic mass is 19.1. The second kappa shape index (κ2) is 4.72. The number of fused-ring (bicyclic) bond motifs is 1. The van der Waals surface area contributed by atoms with Gasteiger partial charge in [-0.15, -0.1) is 0 Å². The lowest BCUT2D eigenvalue weighted by molar-refractivity contribution is 0.0961. The summed E-state index contributed by atoms with van der Waals surface area (Å²) in [4.78, 5) is 11.4. The highest BCUT2D eigenvalue weighted by molar-refractivity contribution is 6.02. The van der Waals surface area contributed by atoms with E-state index in [1.165, 1.54) is 12.1 Å². The molecule has 3 rings (SSSR count). The van der Waals surface area contributed by atoms with Gasteiger partial charge in [0, 0.05) is 6.07 Å². The van der Waals surface area contributed by atoms with Gasteiger partial charge in [-0.3, -0.25) is 4.79 Å². The number of Topliss-reactive ketones (excluding diaryl/α,β-unsaturated/α-hetero) is 1. The zero-order valence-corrected chi connectivity index (χ0v) is 10.1. The molecule has 0 saturated heterocycles. The van der Waals surface area contributed by atoms with E-state index in [2.05, 4.69) is 0 Å². The van der Waals surface area contributed by atoms with Crippen molar-refractivity contribution in [3.63, 3.8) is 0 Å². The van der Waals surface area contributed by atoms with E-state index in [1.807, 2.05) is 0 Å². The van der Waals surface area contributed by atoms with Crippen LogP contribution in [0.1, 0.15) is 15.9 Å². The maximum atomic E-state index is 12.7. The summed E-state index contributed by atoms with van der Waals surface area (Å²) in [5, 5.41) is 0. The second-order valence-corrected chi connectivity index (χ2v) is 4.28. The molecule has 0 N–H and O–H groups in total. The second-order valence-electron chi connectivity index (χ2n) is 4.28. The van der Waals surface area contributed by atoms with E-state index >= 15 is 0 Å². The summed E-state index contributed by atoms with van der Waals surface area (Å²) in [6.07, 6.45) is 0. The first-order valence-corrected chi connectivity index (χ1v) is 5.90. The van der Waals surface area contributed by atoms with Gasteiger partial charge in [0.25, 0.3) is 0 Å². The number of rotatable bonds is 3. The van der Waals surface area contributed by atoms with Gasteiger partial charge in [-0.25, -0.2) is 4.39 Å². The molecule has 1 aliphatic heterocycles. The maximum Gasteiger partial charge on any atom is 0.203 e. The lowest BCUT2D eigenvalue weighted by Gasteiger charge is -2.07. The van der Waals surface area contributed by atoms with Gasteiger partial charge in [0.05, 0.1) is 5.56 Å². The Morgan fingerprint density at radius 2 is 1.95 bits per heavy atom. The minimum absolute atomic E-state index is 0.0138. The summed E-state index contributed by atoms with van der Waals surface area (Å²) < 4.78 is 23.6. The molecule has 1 heterocycles. The van der Waals surface area contributed by atoms with Crippen LogP contribution in [0.3, 0.4) is 0 Å². The number of ketones is 1. The van der Waals surface area contributed by atoms with E-state index in [9.17, 15) is 9.18 Å². The molecule has 1 aliphatic rings. The summed E-state index contributed by atoms with van der Waals surface area (Å²) in [5.74, 6) is 0.896. The molecule has 96 valence electrons. The number of carbonyl (C=O) groups excluding carboxylic acids is 1. The lowest BCUT2D eigenvalue weighted by atomic mass is 10.1. The molecule has 0 saturated carbocycles. The topological polar surface area (TPSA) is 35.5 Å². The van der Waals surface area contributed by atoms with Gasteiger partial charge < -0.3 is 9.47 Å². The fourth-order valence-electron chi connectivity index (χ4n) is 1.91. The molecule has 0 bridgehead atoms. The van der Waals surface area contributed by atoms with Crippen molar-refractivity contribution in [2.45, 2.75) is 6.61 Å². The van der Waals surface area contributed by atoms with Gasteiger partial charge in [-0.2, -0.15) is 0 Å². The fourth-order valence-corrected chi connectivity index (χ4v) is 1.91. The molecule has 2 aromatic carbocycles. The van der Waals surface area contributed by atoms with Crippen LogP contribution >= 0.6 is 0 Å². The van der Waals surface area contributed by atoms with E-state index in [4.69, 9.17) is 9.47 Å². The molecule has 2 aromatic rings. The van der Waals surface area contributed by atoms with Gasteiger partial charge in [-0.1, -0.05) is 12.1 Å². The van der Waals surface area contributed by atoms with E-state index < -0.39 is 0 Å². The summed E-state index contributed by atoms with van der Waals surface area (Å²) in [7, 11) is 0. The largest absolute Gasteiger partial charge is 0.489 e. The summed E-state index contributed by atoms with van der Waals surface area (Å²) in [6, 6.07) is 11.3. The van der Waals surface area contributed by atoms with E-state index in [0.717, 1.165) is 5.56 Å². The van der Waals surface area contributed by atoms with Gasteiger partial charge >= 0.3 is 0 Å². The van der Waals surface area contributed by atoms with Crippen molar-refractivity contribution in [1.82, 2.24) is 0 Å². The summed E-state index contributed by atoms with van der Waals surface area (Å²) >= 11 is 0. The first-order valence-electron chi connectivity index (χ1n) is 5.90. The van der Waals surface area contributed by atoms with Crippen LogP contribution in [-0.4, -0.2) is 12.4 Å². The minimum atomic E-state index is -0.270. The molecule has 0 aromatic heterocycles. The van der Waals surface area contributed by atoms with Crippen LogP contribution in [-0.2, 0) is 6.61 Å². The Labute approximate surface area is 109 Å². The monoisotopic (exact) mass is 258 g/mol. The fraction of sp³-hybridized carbons (Fsp3) is 0.133. The highest BCUT2D eigenvalue weighted by Gasteiger charge is 2.21. The van der Waals surface area contributed by atoms with Crippen molar-refractivity contribution >= 4 is 5.78 Å². The van der Waals surface area contributed by atoms with Crippen LogP contribution in [0.5, 0.6) is 11.5 Å². The molecule has 0 spiro atoms. The Balaban J connectivity index is 1.71. The van der Waals surface area contributed by atoms with Gasteiger partial charge in [0.1, 0.15) is 23.9 Å². The van der Waals surface area contributed by atoms with Crippen LogP contribution in [0.25, 0.3) is 0 Å². The van der Waals surface area contributed by atoms with Gasteiger partial charge in [0.15, 0.2) is 6.61 Å². The molecule has 4 heteroatoms. The SMILES string of the molecule is O=C1COc2cc(OCc3ccc(F)cc3)ccc21. The van der Waals surface area contributed by atoms with Crippen LogP contribution in [0.15, 0.2) is 42.5 Å². The first kappa shape index (κ1) is 11.7. The van der Waals surface area contributed by atoms with Crippen molar-refractivity contribution < 1.29 is 18.7 Å². The molecule has 3 nitrogen and oxygen atoms in total. The maximum absolute atomic E-state index is 12.7. The smallest absolute Gasteiger partial charge is 0.203 e. The van der Waals surface area contributed by atoms with E-state index in [0.29, 0.717) is 23.7 Å². The lowest BCUT2D eigenvalue weighted by Crippen LogP contribution is -1.98. The van der Waals surface area contributed by atoms with Crippen molar-refractivity contribution in [2.75, 3.05) is 6.61 Å². The third-order valence-corrected chi connectivity index (χ3v) is 2.93. The van der Waals surface area contributed by atoms with Crippen LogP contribution in [0, 0.1) is 5.82 Å². The van der Waals surface area contributed by atoms with Crippen molar-refractivity contribution in [1.29, 1.82) is 0 Å². The average Bonchev–Trinajstić information content (AvgIpc) is 2.79. The number of hydrogen-bond donors (Lipinski definition) is 0. The van der Waals surface area contributed by atoms with E-state index in [-0.39, 0.29) is 18.2 Å². The van der Waals surface area contributed by atoms with Crippen molar-refractivity contribution in [2.24, 2.45) is 0 Å². The zero-order chi connectivity index (χ0) is 13.2. The van der Waals surface area contributed by atoms with Crippen LogP contribution < -0.4 is 9.47 Å². The Kier molecular flexibility index (Phi) is 2.91. The average molecular weight is 258 g/mol. The van der Waals surface area contributed by atoms with Crippen molar-refractivity contribution in [3.05, 3.63) is 59.4 Å². The van der Waals surface area contributed by atoms with Gasteiger partial charge in [0.2, 0.25) is 5.78 Å². The molecule has 0 atom stereocenters. The Hall–Kier alpha value is -2.36. The summed E-state index contributed by atoms with van der Waals surface area (Å²) in [6.45, 7) is 0.434. The number of carbonyl (C=O) groups is 1. The minimum Gasteiger partial charge on any atom is -0.489 e. The number of halogens is 1. The molecule has 0 aliphatic carbocycles. The van der Waals surface area contributed by atoms with Crippen LogP contribution in [0.2, 0.25) is 0 Å². The molecular weight excluding hydrogens is 247 g/mol. The molecule has 0 amide bonds. The number of ether oxygens (including phenoxy) is 2. The predicted molar refractivity (Wildman–Crippen MR) is 67.0 cm³/mol. The highest BCUT2D eigenvalue weighted by Crippen LogP contribution is 2.29. The third-order valence-electron chi connectivity index (χ3n) is 2.93. The standard InChI is InChI=1S/C15H11FO3/c16-11-3-1-10(2-4-11)8-18-12-5-6-13-14(17)9-19-15(13)7-12/h1-7H,8-9H2. The molecule has 0 fully saturated rings. The molecular formula is C15H11FO3. The number of benzene rings is 2. The predicted octanol–water partition coefficient (Wildman–Crippen LogP) is 2.98. The summed E-state index contributed by atoms with van der Waals surface area (Å²) in [5.41, 5.74) is 1.47. The Morgan fingerprint density at radius 3 is 2.74 bits per heavy atom. The Morgan fingerprint density at radius 1 is 1.16 bits per heavy atom. The number of hydrogen-bond acceptors (Lipinski definition) is 3. The molecule has 0 unspecified atom stereocenters. The van der Waals surface area contributed by atoms with Crippen LogP contribution in [0.4, 0.5) is 4.39 Å². The molecule has 0 radical (unpaired) electrons. The molecule has 19 heavy (non-hydrogen) atoms.